The molecule has 106 valence electrons. The largest absolute Gasteiger partial charge is 0.355 e. The number of carbonyl (C=O) groups is 1. The average molecular weight is 292 g/mol. The lowest BCUT2D eigenvalue weighted by Crippen LogP contribution is -2.51. The van der Waals surface area contributed by atoms with E-state index in [1.54, 1.807) is 0 Å². The highest BCUT2D eigenvalue weighted by molar-refractivity contribution is 5.85. The van der Waals surface area contributed by atoms with Crippen LogP contribution in [-0.4, -0.2) is 30.5 Å². The Morgan fingerprint density at radius 3 is 2.85 bits per heavy atom. The van der Waals surface area contributed by atoms with E-state index >= 15 is 0 Å². The van der Waals surface area contributed by atoms with E-state index in [1.807, 2.05) is 18.3 Å². The number of aromatic nitrogens is 1. The molecule has 3 rings (SSSR count). The maximum absolute atomic E-state index is 11.7. The van der Waals surface area contributed by atoms with Crippen molar-refractivity contribution in [2.45, 2.75) is 6.42 Å². The fraction of sp³-hybridized carbons (Fsp3) is 0.333. The normalized spacial score (nSPS) is 14.4. The minimum Gasteiger partial charge on any atom is -0.355 e. The first kappa shape index (κ1) is 14.8. The summed E-state index contributed by atoms with van der Waals surface area (Å²) in [6.45, 7) is 2.29. The molecule has 1 amide bonds. The molecule has 1 saturated heterocycles. The quantitative estimate of drug-likeness (QED) is 0.898. The van der Waals surface area contributed by atoms with E-state index < -0.39 is 0 Å². The zero-order chi connectivity index (χ0) is 13.1. The first-order valence-corrected chi connectivity index (χ1v) is 6.65. The summed E-state index contributed by atoms with van der Waals surface area (Å²) < 4.78 is 0. The second-order valence-electron chi connectivity index (χ2n) is 4.89. The molecule has 0 unspecified atom stereocenters. The molecule has 2 heterocycles. The topological polar surface area (TPSA) is 54.0 Å². The Balaban J connectivity index is 0.00000147. The van der Waals surface area contributed by atoms with Gasteiger partial charge in [-0.3, -0.25) is 9.78 Å². The summed E-state index contributed by atoms with van der Waals surface area (Å²) in [7, 11) is 0. The Morgan fingerprint density at radius 2 is 2.10 bits per heavy atom. The molecule has 0 bridgehead atoms. The SMILES string of the molecule is Cl.O=C(NCCc1cccc2cccnc12)C1CNC1. The minimum absolute atomic E-state index is 0. The minimum atomic E-state index is 0. The highest BCUT2D eigenvalue weighted by atomic mass is 35.5. The number of amides is 1. The van der Waals surface area contributed by atoms with E-state index in [0.29, 0.717) is 6.54 Å². The van der Waals surface area contributed by atoms with Crippen molar-refractivity contribution in [3.8, 4) is 0 Å². The number of halogens is 1. The molecule has 0 aliphatic carbocycles. The molecule has 5 heteroatoms. The van der Waals surface area contributed by atoms with Gasteiger partial charge in [-0.2, -0.15) is 0 Å². The molecule has 1 aromatic heterocycles. The van der Waals surface area contributed by atoms with E-state index in [1.165, 1.54) is 5.56 Å². The molecule has 0 radical (unpaired) electrons. The molecular weight excluding hydrogens is 274 g/mol. The van der Waals surface area contributed by atoms with Gasteiger partial charge >= 0.3 is 0 Å². The van der Waals surface area contributed by atoms with Crippen LogP contribution in [0.15, 0.2) is 36.5 Å². The van der Waals surface area contributed by atoms with Crippen molar-refractivity contribution < 1.29 is 4.79 Å². The van der Waals surface area contributed by atoms with E-state index in [2.05, 4.69) is 33.8 Å². The molecule has 0 saturated carbocycles. The van der Waals surface area contributed by atoms with Gasteiger partial charge in [0.25, 0.3) is 0 Å². The lowest BCUT2D eigenvalue weighted by Gasteiger charge is -2.25. The molecule has 2 aromatic rings. The van der Waals surface area contributed by atoms with Crippen LogP contribution in [0.4, 0.5) is 0 Å². The summed E-state index contributed by atoms with van der Waals surface area (Å²) >= 11 is 0. The molecule has 0 spiro atoms. The maximum Gasteiger partial charge on any atom is 0.225 e. The third-order valence-corrected chi connectivity index (χ3v) is 3.56. The number of hydrogen-bond acceptors (Lipinski definition) is 3. The summed E-state index contributed by atoms with van der Waals surface area (Å²) in [6.07, 6.45) is 2.63. The maximum atomic E-state index is 11.7. The lowest BCUT2D eigenvalue weighted by atomic mass is 10.0. The van der Waals surface area contributed by atoms with Crippen molar-refractivity contribution in [1.82, 2.24) is 15.6 Å². The van der Waals surface area contributed by atoms with Gasteiger partial charge in [0.05, 0.1) is 11.4 Å². The van der Waals surface area contributed by atoms with Gasteiger partial charge in [-0.1, -0.05) is 24.3 Å². The zero-order valence-corrected chi connectivity index (χ0v) is 12.0. The van der Waals surface area contributed by atoms with Crippen LogP contribution in [0.25, 0.3) is 10.9 Å². The van der Waals surface area contributed by atoms with Gasteiger partial charge in [0, 0.05) is 31.2 Å². The molecule has 0 atom stereocenters. The average Bonchev–Trinajstić information content (AvgIpc) is 2.37. The van der Waals surface area contributed by atoms with E-state index in [0.717, 1.165) is 30.4 Å². The number of nitrogens with one attached hydrogen (secondary N) is 2. The van der Waals surface area contributed by atoms with Gasteiger partial charge in [-0.15, -0.1) is 12.4 Å². The smallest absolute Gasteiger partial charge is 0.225 e. The van der Waals surface area contributed by atoms with E-state index in [-0.39, 0.29) is 24.2 Å². The monoisotopic (exact) mass is 291 g/mol. The number of hydrogen-bond donors (Lipinski definition) is 2. The van der Waals surface area contributed by atoms with Crippen molar-refractivity contribution in [1.29, 1.82) is 0 Å². The number of rotatable bonds is 4. The Kier molecular flexibility index (Phi) is 4.93. The van der Waals surface area contributed by atoms with Crippen molar-refractivity contribution in [2.24, 2.45) is 5.92 Å². The van der Waals surface area contributed by atoms with Crippen LogP contribution in [0.1, 0.15) is 5.56 Å². The predicted molar refractivity (Wildman–Crippen MR) is 82.1 cm³/mol. The second-order valence-corrected chi connectivity index (χ2v) is 4.89. The van der Waals surface area contributed by atoms with Crippen LogP contribution in [0.2, 0.25) is 0 Å². The number of fused-ring (bicyclic) bond motifs is 1. The summed E-state index contributed by atoms with van der Waals surface area (Å²) in [5.74, 6) is 0.317. The fourth-order valence-electron chi connectivity index (χ4n) is 2.31. The summed E-state index contributed by atoms with van der Waals surface area (Å²) in [5, 5.41) is 7.24. The molecular formula is C15H18ClN3O. The second kappa shape index (κ2) is 6.68. The fourth-order valence-corrected chi connectivity index (χ4v) is 2.31. The lowest BCUT2D eigenvalue weighted by molar-refractivity contribution is -0.126. The van der Waals surface area contributed by atoms with Gasteiger partial charge in [-0.25, -0.2) is 0 Å². The predicted octanol–water partition coefficient (Wildman–Crippen LogP) is 1.53. The molecule has 20 heavy (non-hydrogen) atoms. The third-order valence-electron chi connectivity index (χ3n) is 3.56. The number of pyridine rings is 1. The Labute approximate surface area is 124 Å². The van der Waals surface area contributed by atoms with Gasteiger partial charge < -0.3 is 10.6 Å². The van der Waals surface area contributed by atoms with E-state index in [4.69, 9.17) is 0 Å². The van der Waals surface area contributed by atoms with Gasteiger partial charge in [-0.05, 0) is 18.1 Å². The van der Waals surface area contributed by atoms with Gasteiger partial charge in [0.15, 0.2) is 0 Å². The summed E-state index contributed by atoms with van der Waals surface area (Å²) in [4.78, 5) is 16.1. The number of carbonyl (C=O) groups excluding carboxylic acids is 1. The molecule has 1 aliphatic rings. The van der Waals surface area contributed by atoms with Gasteiger partial charge in [0.1, 0.15) is 0 Å². The molecule has 1 aliphatic heterocycles. The Morgan fingerprint density at radius 1 is 1.30 bits per heavy atom. The zero-order valence-electron chi connectivity index (χ0n) is 11.1. The summed E-state index contributed by atoms with van der Waals surface area (Å²) in [5.41, 5.74) is 2.22. The van der Waals surface area contributed by atoms with Crippen molar-refractivity contribution in [2.75, 3.05) is 19.6 Å². The molecule has 1 fully saturated rings. The Bertz CT molecular complexity index is 593. The van der Waals surface area contributed by atoms with Crippen molar-refractivity contribution >= 4 is 29.2 Å². The number of nitrogens with zero attached hydrogens (tertiary/aromatic N) is 1. The van der Waals surface area contributed by atoms with Gasteiger partial charge in [0.2, 0.25) is 5.91 Å². The molecule has 1 aromatic carbocycles. The number of benzene rings is 1. The number of para-hydroxylation sites is 1. The van der Waals surface area contributed by atoms with Crippen LogP contribution in [-0.2, 0) is 11.2 Å². The first-order chi connectivity index (χ1) is 9.34. The van der Waals surface area contributed by atoms with Crippen LogP contribution in [0.3, 0.4) is 0 Å². The van der Waals surface area contributed by atoms with Crippen molar-refractivity contribution in [3.63, 3.8) is 0 Å². The first-order valence-electron chi connectivity index (χ1n) is 6.65. The van der Waals surface area contributed by atoms with Crippen LogP contribution < -0.4 is 10.6 Å². The molecule has 2 N–H and O–H groups in total. The van der Waals surface area contributed by atoms with Crippen molar-refractivity contribution in [3.05, 3.63) is 42.1 Å². The standard InChI is InChI=1S/C15H17N3O.ClH/c19-15(13-9-16-10-13)18-8-6-12-4-1-3-11-5-2-7-17-14(11)12;/h1-5,7,13,16H,6,8-10H2,(H,18,19);1H. The van der Waals surface area contributed by atoms with Crippen LogP contribution in [0, 0.1) is 5.92 Å². The Hall–Kier alpha value is -1.65. The summed E-state index contributed by atoms with van der Waals surface area (Å²) in [6, 6.07) is 10.2. The molecule has 4 nitrogen and oxygen atoms in total. The highest BCUT2D eigenvalue weighted by Gasteiger charge is 2.24. The highest BCUT2D eigenvalue weighted by Crippen LogP contribution is 2.16. The third kappa shape index (κ3) is 3.08. The van der Waals surface area contributed by atoms with Crippen LogP contribution in [0.5, 0.6) is 0 Å². The van der Waals surface area contributed by atoms with E-state index in [9.17, 15) is 4.79 Å². The van der Waals surface area contributed by atoms with Crippen LogP contribution >= 0.6 is 12.4 Å².